The lowest BCUT2D eigenvalue weighted by Crippen LogP contribution is -2.20. The van der Waals surface area contributed by atoms with Gasteiger partial charge >= 0.3 is 0 Å². The lowest BCUT2D eigenvalue weighted by molar-refractivity contribution is -0.118. The van der Waals surface area contributed by atoms with Crippen molar-refractivity contribution in [3.8, 4) is 34.3 Å². The van der Waals surface area contributed by atoms with E-state index >= 15 is 0 Å². The van der Waals surface area contributed by atoms with Gasteiger partial charge in [-0.2, -0.15) is 5.10 Å². The number of nitrogens with zero attached hydrogens (tertiary/aromatic N) is 4. The molecular weight excluding hydrogens is 594 g/mol. The first-order chi connectivity index (χ1) is 19.1. The molecule has 1 heterocycles. The Morgan fingerprint density at radius 1 is 1.07 bits per heavy atom. The highest BCUT2D eigenvalue weighted by atomic mass is 79.9. The number of phenols is 1. The molecule has 0 atom stereocenters. The average molecular weight is 625 g/mol. The smallest absolute Gasteiger partial charge is 0.250 e. The molecule has 0 fully saturated rings. The number of aromatic hydroxyl groups is 1. The molecular formula is C29H30BrN5O4S. The Morgan fingerprint density at radius 3 is 2.40 bits per heavy atom. The third-order valence-electron chi connectivity index (χ3n) is 5.98. The summed E-state index contributed by atoms with van der Waals surface area (Å²) in [6.07, 6.45) is 1.47. The van der Waals surface area contributed by atoms with E-state index < -0.39 is 0 Å². The zero-order valence-corrected chi connectivity index (χ0v) is 25.2. The fraction of sp³-hybridized carbons (Fsp3) is 0.241. The van der Waals surface area contributed by atoms with E-state index in [0.29, 0.717) is 26.8 Å². The highest BCUT2D eigenvalue weighted by Gasteiger charge is 2.19. The molecule has 3 aromatic carbocycles. The number of hydrazone groups is 1. The molecule has 0 bridgehead atoms. The summed E-state index contributed by atoms with van der Waals surface area (Å²) < 4.78 is 12.8. The van der Waals surface area contributed by atoms with E-state index in [1.54, 1.807) is 19.2 Å². The SMILES string of the molecule is COc1ccc(-n2c(SCC(=O)NN=Cc3cc(Br)c(O)c(OC)c3)nnc2-c2ccc(C(C)(C)C)cc2)cc1. The summed E-state index contributed by atoms with van der Waals surface area (Å²) in [5, 5.41) is 23.4. The van der Waals surface area contributed by atoms with Gasteiger partial charge in [0.1, 0.15) is 5.75 Å². The molecule has 4 aromatic rings. The van der Waals surface area contributed by atoms with Gasteiger partial charge in [-0.05, 0) is 68.9 Å². The minimum Gasteiger partial charge on any atom is -0.503 e. The summed E-state index contributed by atoms with van der Waals surface area (Å²) in [4.78, 5) is 12.6. The van der Waals surface area contributed by atoms with E-state index in [4.69, 9.17) is 9.47 Å². The fourth-order valence-electron chi connectivity index (χ4n) is 3.80. The third kappa shape index (κ3) is 6.83. The topological polar surface area (TPSA) is 111 Å². The van der Waals surface area contributed by atoms with E-state index in [-0.39, 0.29) is 22.8 Å². The Hall–Kier alpha value is -3.83. The second-order valence-electron chi connectivity index (χ2n) is 9.80. The zero-order chi connectivity index (χ0) is 28.9. The van der Waals surface area contributed by atoms with Gasteiger partial charge in [0.05, 0.1) is 30.7 Å². The van der Waals surface area contributed by atoms with Crippen LogP contribution in [0.4, 0.5) is 0 Å². The predicted molar refractivity (Wildman–Crippen MR) is 161 cm³/mol. The Kier molecular flexibility index (Phi) is 9.16. The van der Waals surface area contributed by atoms with Crippen molar-refractivity contribution in [2.24, 2.45) is 5.10 Å². The number of amides is 1. The summed E-state index contributed by atoms with van der Waals surface area (Å²) in [6.45, 7) is 6.52. The molecule has 0 aliphatic rings. The second kappa shape index (κ2) is 12.6. The highest BCUT2D eigenvalue weighted by molar-refractivity contribution is 9.10. The molecule has 0 saturated carbocycles. The quantitative estimate of drug-likeness (QED) is 0.134. The number of ether oxygens (including phenoxy) is 2. The lowest BCUT2D eigenvalue weighted by Gasteiger charge is -2.19. The van der Waals surface area contributed by atoms with Crippen molar-refractivity contribution in [3.63, 3.8) is 0 Å². The maximum absolute atomic E-state index is 12.6. The predicted octanol–water partition coefficient (Wildman–Crippen LogP) is 5.96. The summed E-state index contributed by atoms with van der Waals surface area (Å²) in [7, 11) is 3.08. The Bertz CT molecular complexity index is 1510. The van der Waals surface area contributed by atoms with E-state index in [1.807, 2.05) is 41.0 Å². The molecule has 1 aromatic heterocycles. The molecule has 0 aliphatic carbocycles. The van der Waals surface area contributed by atoms with Crippen LogP contribution in [0.3, 0.4) is 0 Å². The molecule has 0 unspecified atom stereocenters. The second-order valence-corrected chi connectivity index (χ2v) is 11.6. The summed E-state index contributed by atoms with van der Waals surface area (Å²) >= 11 is 4.52. The van der Waals surface area contributed by atoms with Gasteiger partial charge in [-0.25, -0.2) is 5.43 Å². The number of rotatable bonds is 9. The fourth-order valence-corrected chi connectivity index (χ4v) is 5.00. The van der Waals surface area contributed by atoms with Gasteiger partial charge < -0.3 is 14.6 Å². The van der Waals surface area contributed by atoms with Crippen molar-refractivity contribution in [2.45, 2.75) is 31.3 Å². The first-order valence-electron chi connectivity index (χ1n) is 12.3. The number of aromatic nitrogens is 3. The molecule has 11 heteroatoms. The maximum Gasteiger partial charge on any atom is 0.250 e. The molecule has 208 valence electrons. The van der Waals surface area contributed by atoms with Crippen molar-refractivity contribution in [2.75, 3.05) is 20.0 Å². The minimum absolute atomic E-state index is 0.00873. The first kappa shape index (κ1) is 29.2. The minimum atomic E-state index is -0.313. The van der Waals surface area contributed by atoms with Crippen molar-refractivity contribution < 1.29 is 19.4 Å². The summed E-state index contributed by atoms with van der Waals surface area (Å²) in [5.74, 6) is 1.43. The van der Waals surface area contributed by atoms with Crippen LogP contribution in [-0.4, -0.2) is 52.0 Å². The number of hydrogen-bond acceptors (Lipinski definition) is 8. The Morgan fingerprint density at radius 2 is 1.77 bits per heavy atom. The zero-order valence-electron chi connectivity index (χ0n) is 22.8. The van der Waals surface area contributed by atoms with Gasteiger partial charge in [0.15, 0.2) is 22.5 Å². The number of methoxy groups -OCH3 is 2. The highest BCUT2D eigenvalue weighted by Crippen LogP contribution is 2.35. The molecule has 2 N–H and O–H groups in total. The van der Waals surface area contributed by atoms with Gasteiger partial charge in [-0.15, -0.1) is 10.2 Å². The van der Waals surface area contributed by atoms with E-state index in [0.717, 1.165) is 17.0 Å². The number of nitrogens with one attached hydrogen (secondary N) is 1. The van der Waals surface area contributed by atoms with Crippen LogP contribution >= 0.6 is 27.7 Å². The monoisotopic (exact) mass is 623 g/mol. The summed E-state index contributed by atoms with van der Waals surface area (Å²) in [5.41, 5.74) is 6.16. The first-order valence-corrected chi connectivity index (χ1v) is 14.1. The molecule has 40 heavy (non-hydrogen) atoms. The molecule has 4 rings (SSSR count). The molecule has 0 aliphatic heterocycles. The standard InChI is InChI=1S/C29H30BrN5O4S/c1-29(2,3)20-8-6-19(7-9-20)27-33-34-28(35(27)21-10-12-22(38-4)13-11-21)40-17-25(36)32-31-16-18-14-23(30)26(37)24(15-18)39-5/h6-16,37H,17H2,1-5H3,(H,32,36). The van der Waals surface area contributed by atoms with Crippen LogP contribution in [0.5, 0.6) is 17.2 Å². The van der Waals surface area contributed by atoms with Crippen LogP contribution in [0.25, 0.3) is 17.1 Å². The van der Waals surface area contributed by atoms with Crippen LogP contribution in [0.2, 0.25) is 0 Å². The molecule has 0 saturated heterocycles. The van der Waals surface area contributed by atoms with Crippen molar-refractivity contribution in [1.82, 2.24) is 20.2 Å². The van der Waals surface area contributed by atoms with Gasteiger partial charge in [-0.1, -0.05) is 56.8 Å². The van der Waals surface area contributed by atoms with Crippen molar-refractivity contribution in [1.29, 1.82) is 0 Å². The van der Waals surface area contributed by atoms with Gasteiger partial charge in [0.2, 0.25) is 0 Å². The van der Waals surface area contributed by atoms with Gasteiger partial charge in [-0.3, -0.25) is 9.36 Å². The lowest BCUT2D eigenvalue weighted by atomic mass is 9.87. The van der Waals surface area contributed by atoms with Crippen LogP contribution in [0, 0.1) is 0 Å². The molecule has 1 amide bonds. The Labute approximate surface area is 245 Å². The van der Waals surface area contributed by atoms with E-state index in [2.05, 4.69) is 69.6 Å². The molecule has 9 nitrogen and oxygen atoms in total. The van der Waals surface area contributed by atoms with Crippen molar-refractivity contribution in [3.05, 3.63) is 76.3 Å². The number of halogens is 1. The molecule has 0 spiro atoms. The van der Waals surface area contributed by atoms with Crippen LogP contribution in [0.15, 0.2) is 75.4 Å². The third-order valence-corrected chi connectivity index (χ3v) is 7.51. The van der Waals surface area contributed by atoms with Gasteiger partial charge in [0.25, 0.3) is 5.91 Å². The van der Waals surface area contributed by atoms with Crippen LogP contribution in [-0.2, 0) is 10.2 Å². The number of carbonyl (C=O) groups is 1. The van der Waals surface area contributed by atoms with Crippen molar-refractivity contribution >= 4 is 39.8 Å². The van der Waals surface area contributed by atoms with Crippen LogP contribution in [0.1, 0.15) is 31.9 Å². The molecule has 0 radical (unpaired) electrons. The Balaban J connectivity index is 1.53. The maximum atomic E-state index is 12.6. The van der Waals surface area contributed by atoms with Gasteiger partial charge in [0, 0.05) is 11.3 Å². The number of hydrogen-bond donors (Lipinski definition) is 2. The van der Waals surface area contributed by atoms with Crippen LogP contribution < -0.4 is 14.9 Å². The average Bonchev–Trinajstić information content (AvgIpc) is 3.37. The summed E-state index contributed by atoms with van der Waals surface area (Å²) in [6, 6.07) is 19.1. The van der Waals surface area contributed by atoms with E-state index in [1.165, 1.54) is 30.6 Å². The number of carbonyl (C=O) groups excluding carboxylic acids is 1. The number of benzene rings is 3. The number of thioether (sulfide) groups is 1. The van der Waals surface area contributed by atoms with E-state index in [9.17, 15) is 9.90 Å². The largest absolute Gasteiger partial charge is 0.503 e. The normalized spacial score (nSPS) is 11.6. The number of phenolic OH excluding ortho intramolecular Hbond substituents is 1.